The number of halogens is 1. The Labute approximate surface area is 460 Å². The highest BCUT2D eigenvalue weighted by Gasteiger charge is 2.18. The number of thiazole rings is 2. The minimum Gasteiger partial charge on any atom is -0.462 e. The number of rotatable bonds is 9. The molecule has 4 heterocycles. The van der Waals surface area contributed by atoms with Gasteiger partial charge in [0, 0.05) is 74.9 Å². The molecule has 0 saturated heterocycles. The second kappa shape index (κ2) is 38.7. The zero-order valence-electron chi connectivity index (χ0n) is 46.1. The Morgan fingerprint density at radius 3 is 1.69 bits per heavy atom. The van der Waals surface area contributed by atoms with Crippen molar-refractivity contribution in [1.29, 1.82) is 0 Å². The maximum atomic E-state index is 12.7. The summed E-state index contributed by atoms with van der Waals surface area (Å²) in [6, 6.07) is 0. The average molecular weight is 1120 g/mol. The Hall–Kier alpha value is -4.80. The number of ether oxygens (including phenoxy) is 4. The first-order valence-electron chi connectivity index (χ1n) is 25.9. The molecular weight excluding hydrogens is 1040 g/mol. The molecule has 4 bridgehead atoms. The highest BCUT2D eigenvalue weighted by molar-refractivity contribution is 9.11. The van der Waals surface area contributed by atoms with Gasteiger partial charge in [-0.2, -0.15) is 0 Å². The molecule has 0 aliphatic carbocycles. The van der Waals surface area contributed by atoms with Crippen LogP contribution in [-0.4, -0.2) is 109 Å². The number of aromatic nitrogens is 2. The van der Waals surface area contributed by atoms with Crippen LogP contribution in [0.2, 0.25) is 0 Å². The van der Waals surface area contributed by atoms with Crippen molar-refractivity contribution in [2.75, 3.05) is 41.3 Å². The van der Waals surface area contributed by atoms with Gasteiger partial charge in [-0.15, -0.1) is 22.7 Å². The van der Waals surface area contributed by atoms with E-state index in [-0.39, 0.29) is 42.3 Å². The first-order valence-corrected chi connectivity index (χ1v) is 28.4. The number of hydrogen-bond donors (Lipinski definition) is 0. The maximum absolute atomic E-state index is 12.7. The van der Waals surface area contributed by atoms with Gasteiger partial charge in [0.05, 0.1) is 21.4 Å². The number of fused-ring (bicyclic) bond motifs is 4. The Morgan fingerprint density at radius 2 is 1.16 bits per heavy atom. The smallest absolute Gasteiger partial charge is 0.331 e. The van der Waals surface area contributed by atoms with Crippen LogP contribution in [0.25, 0.3) is 0 Å². The fourth-order valence-corrected chi connectivity index (χ4v) is 9.40. The van der Waals surface area contributed by atoms with Crippen molar-refractivity contribution in [3.63, 3.8) is 0 Å². The number of aryl methyl sites for hydroxylation is 2. The van der Waals surface area contributed by atoms with Gasteiger partial charge in [0.2, 0.25) is 0 Å². The van der Waals surface area contributed by atoms with Crippen LogP contribution in [0, 0.1) is 0 Å². The standard InChI is InChI=1S/C29H42N2O4S.C22H28BrNO4S.C8H15N/c1-22-13-11-16-29(33)35-26(19-23(2)12-7-6-10-17-31(4)5)20-27-30-25(21-36-27)14-8-9-15-28(32)34-24(3)18-22;1-15-7-6-10-22(26)28-19(12-16(2)23)13-20-24-18(14-29-20)8-4-5-9-21(25)27-17(3)11-15;1-4-5-6-7-8-9(2)3/h6-7,10,12-13,19,21,24,26H,8-9,11,14-18,20H2,1-5H3;6-7,10,12,14,17,19H,4-5,8-9,11,13H2,1-3H3;4-7H,8H2,1-3H3/b10-6+,12-7+,22-13+,23-19+;10-6-,15-7+,16-12+;5-4+,7-6+/t24-,26+;17-,19+;/m00./s1. The van der Waals surface area contributed by atoms with Crippen LogP contribution in [-0.2, 0) is 63.8 Å². The number of cyclic esters (lactones) is 4. The first kappa shape index (κ1) is 65.3. The molecule has 74 heavy (non-hydrogen) atoms. The summed E-state index contributed by atoms with van der Waals surface area (Å²) in [5.74, 6) is -0.945. The third kappa shape index (κ3) is 33.9. The largest absolute Gasteiger partial charge is 0.462 e. The molecule has 0 spiro atoms. The van der Waals surface area contributed by atoms with Gasteiger partial charge in [0.15, 0.2) is 0 Å². The highest BCUT2D eigenvalue weighted by atomic mass is 79.9. The predicted molar refractivity (Wildman–Crippen MR) is 309 cm³/mol. The summed E-state index contributed by atoms with van der Waals surface area (Å²) in [6.07, 6.45) is 35.2. The van der Waals surface area contributed by atoms with Gasteiger partial charge in [0.1, 0.15) is 24.4 Å². The van der Waals surface area contributed by atoms with Crippen molar-refractivity contribution < 1.29 is 38.1 Å². The van der Waals surface area contributed by atoms with Crippen molar-refractivity contribution >= 4 is 62.5 Å². The van der Waals surface area contributed by atoms with Gasteiger partial charge >= 0.3 is 23.9 Å². The van der Waals surface area contributed by atoms with Gasteiger partial charge in [-0.05, 0) is 138 Å². The van der Waals surface area contributed by atoms with Crippen molar-refractivity contribution in [2.45, 2.75) is 163 Å². The van der Waals surface area contributed by atoms with Gasteiger partial charge in [-0.25, -0.2) is 14.8 Å². The molecule has 15 heteroatoms. The van der Waals surface area contributed by atoms with Gasteiger partial charge in [-0.1, -0.05) is 99.5 Å². The number of carbonyl (C=O) groups is 4. The van der Waals surface area contributed by atoms with E-state index in [1.165, 1.54) is 6.08 Å². The molecule has 408 valence electrons. The van der Waals surface area contributed by atoms with E-state index in [0.29, 0.717) is 51.4 Å². The Kier molecular flexibility index (Phi) is 34.2. The summed E-state index contributed by atoms with van der Waals surface area (Å²) < 4.78 is 23.4. The summed E-state index contributed by atoms with van der Waals surface area (Å²) in [6.45, 7) is 15.6. The zero-order valence-corrected chi connectivity index (χ0v) is 49.3. The monoisotopic (exact) mass is 1120 g/mol. The number of esters is 4. The second-order valence-electron chi connectivity index (χ2n) is 19.2. The van der Waals surface area contributed by atoms with E-state index < -0.39 is 5.97 Å². The van der Waals surface area contributed by atoms with Crippen LogP contribution >= 0.6 is 38.6 Å². The van der Waals surface area contributed by atoms with Gasteiger partial charge in [-0.3, -0.25) is 14.4 Å². The molecule has 0 saturated carbocycles. The number of carbonyl (C=O) groups excluding carboxylic acids is 4. The number of nitrogens with zero attached hydrogens (tertiary/aromatic N) is 4. The zero-order chi connectivity index (χ0) is 54.7. The Bertz CT molecular complexity index is 2280. The lowest BCUT2D eigenvalue weighted by atomic mass is 10.1. The van der Waals surface area contributed by atoms with E-state index in [1.807, 2.05) is 123 Å². The summed E-state index contributed by atoms with van der Waals surface area (Å²) >= 11 is 6.58. The minimum atomic E-state index is -0.404. The lowest BCUT2D eigenvalue weighted by molar-refractivity contribution is -0.149. The van der Waals surface area contributed by atoms with E-state index in [4.69, 9.17) is 23.9 Å². The third-order valence-corrected chi connectivity index (χ3v) is 12.9. The molecule has 4 atom stereocenters. The lowest BCUT2D eigenvalue weighted by Crippen LogP contribution is -2.19. The summed E-state index contributed by atoms with van der Waals surface area (Å²) in [5.41, 5.74) is 5.19. The van der Waals surface area contributed by atoms with Crippen LogP contribution in [0.1, 0.15) is 134 Å². The molecule has 2 aliphatic rings. The van der Waals surface area contributed by atoms with Crippen LogP contribution < -0.4 is 0 Å². The molecule has 2 aliphatic heterocycles. The summed E-state index contributed by atoms with van der Waals surface area (Å²) in [7, 11) is 8.18. The Morgan fingerprint density at radius 1 is 0.662 bits per heavy atom. The normalized spacial score (nSPS) is 23.3. The van der Waals surface area contributed by atoms with E-state index in [9.17, 15) is 19.2 Å². The molecule has 0 amide bonds. The van der Waals surface area contributed by atoms with E-state index >= 15 is 0 Å². The minimum absolute atomic E-state index is 0.150. The number of likely N-dealkylation sites (N-methyl/N-ethyl adjacent to an activating group) is 2. The van der Waals surface area contributed by atoms with E-state index in [1.54, 1.807) is 28.7 Å². The molecule has 2 aromatic rings. The van der Waals surface area contributed by atoms with Crippen molar-refractivity contribution in [2.24, 2.45) is 0 Å². The molecular formula is C59H85BrN4O8S2. The lowest BCUT2D eigenvalue weighted by Gasteiger charge is -2.15. The molecule has 0 fully saturated rings. The van der Waals surface area contributed by atoms with E-state index in [2.05, 4.69) is 68.4 Å². The topological polar surface area (TPSA) is 137 Å². The van der Waals surface area contributed by atoms with Gasteiger partial charge in [0.25, 0.3) is 0 Å². The highest BCUT2D eigenvalue weighted by Crippen LogP contribution is 2.21. The number of allylic oxidation sites excluding steroid dienone is 11. The van der Waals surface area contributed by atoms with Crippen molar-refractivity contribution in [3.05, 3.63) is 138 Å². The first-order chi connectivity index (χ1) is 35.3. The number of hydrogen-bond acceptors (Lipinski definition) is 14. The average Bonchev–Trinajstić information content (AvgIpc) is 3.96. The van der Waals surface area contributed by atoms with E-state index in [0.717, 1.165) is 94.2 Å². The van der Waals surface area contributed by atoms with Crippen LogP contribution in [0.3, 0.4) is 0 Å². The maximum Gasteiger partial charge on any atom is 0.331 e. The van der Waals surface area contributed by atoms with Crippen LogP contribution in [0.15, 0.2) is 117 Å². The van der Waals surface area contributed by atoms with Crippen LogP contribution in [0.5, 0.6) is 0 Å². The quantitative estimate of drug-likeness (QED) is 0.102. The fourth-order valence-electron chi connectivity index (χ4n) is 7.36. The SMILES string of the molecule is C/C(Br)=C\[C@@H]1Cc2nc(cs2)CCCCC(=O)O[C@@H](C)C/C(C)=C/C=C\C(=O)O1.C/C=C/C=C/CN(C)C.CC(/C=C/C=C/CN(C)C)=C\[C@@H]1Cc2nc(cs2)CCCCC(=O)O[C@@H](C)C/C(C)=C/CCC(=O)O1. The summed E-state index contributed by atoms with van der Waals surface area (Å²) in [4.78, 5) is 62.6. The predicted octanol–water partition coefficient (Wildman–Crippen LogP) is 13.1. The molecule has 4 rings (SSSR count). The molecule has 0 N–H and O–H groups in total. The molecule has 0 unspecified atom stereocenters. The molecule has 12 nitrogen and oxygen atoms in total. The Balaban J connectivity index is 0.000000441. The third-order valence-electron chi connectivity index (χ3n) is 10.8. The van der Waals surface area contributed by atoms with Crippen molar-refractivity contribution in [1.82, 2.24) is 19.8 Å². The van der Waals surface area contributed by atoms with Crippen molar-refractivity contribution in [3.8, 4) is 0 Å². The van der Waals surface area contributed by atoms with Gasteiger partial charge < -0.3 is 28.7 Å². The van der Waals surface area contributed by atoms with Crippen LogP contribution in [0.4, 0.5) is 0 Å². The second-order valence-corrected chi connectivity index (χ2v) is 22.3. The molecule has 0 radical (unpaired) electrons. The summed E-state index contributed by atoms with van der Waals surface area (Å²) in [5, 5.41) is 5.97. The fraction of sp³-hybridized carbons (Fsp3) is 0.525. The molecule has 0 aromatic carbocycles. The molecule has 2 aromatic heterocycles.